The van der Waals surface area contributed by atoms with Crippen LogP contribution in [0.4, 0.5) is 5.69 Å². The summed E-state index contributed by atoms with van der Waals surface area (Å²) in [5.41, 5.74) is 4.76. The molecule has 0 fully saturated rings. The second-order valence-electron chi connectivity index (χ2n) is 10.4. The maximum Gasteiger partial charge on any atom is 0.247 e. The maximum atomic E-state index is 9.39. The number of anilines is 1. The Morgan fingerprint density at radius 1 is 0.971 bits per heavy atom. The highest BCUT2D eigenvalue weighted by Gasteiger charge is 2.41. The van der Waals surface area contributed by atoms with Crippen molar-refractivity contribution >= 4 is 14.0 Å². The van der Waals surface area contributed by atoms with Gasteiger partial charge in [0, 0.05) is 11.3 Å². The molecule has 182 valence electrons. The predicted octanol–water partition coefficient (Wildman–Crippen LogP) is 6.66. The van der Waals surface area contributed by atoms with Crippen LogP contribution in [0.2, 0.25) is 18.1 Å². The predicted molar refractivity (Wildman–Crippen MR) is 139 cm³/mol. The fourth-order valence-electron chi connectivity index (χ4n) is 3.52. The van der Waals surface area contributed by atoms with Gasteiger partial charge in [-0.2, -0.15) is 10.5 Å². The number of hydrogen-bond acceptors (Lipinski definition) is 7. The first-order chi connectivity index (χ1) is 16.4. The van der Waals surface area contributed by atoms with Crippen LogP contribution in [0.3, 0.4) is 0 Å². The molecular formula is C27H33N5O2Si. The molecule has 0 aliphatic carbocycles. The highest BCUT2D eigenvalue weighted by atomic mass is 28.4. The Hall–Kier alpha value is -3.46. The SMILES string of the molecule is Cc1c(C#N)ccc(N[C@@H](c2nnc(-c3ccc(C#N)cc3)o2)[C@@H](C)O[Si](C)(C)C(C)(C)C)c1C. The highest BCUT2D eigenvalue weighted by Crippen LogP contribution is 2.39. The van der Waals surface area contributed by atoms with Gasteiger partial charge in [0.15, 0.2) is 8.32 Å². The number of rotatable bonds is 7. The van der Waals surface area contributed by atoms with Crippen molar-refractivity contribution < 1.29 is 8.84 Å². The minimum absolute atomic E-state index is 0.0370. The summed E-state index contributed by atoms with van der Waals surface area (Å²) in [5, 5.41) is 30.7. The Balaban J connectivity index is 2.00. The van der Waals surface area contributed by atoms with Crippen LogP contribution >= 0.6 is 0 Å². The minimum atomic E-state index is -2.09. The van der Waals surface area contributed by atoms with Gasteiger partial charge in [-0.25, -0.2) is 0 Å². The molecular weight excluding hydrogens is 454 g/mol. The first-order valence-corrected chi connectivity index (χ1v) is 14.6. The molecule has 1 aromatic heterocycles. The summed E-state index contributed by atoms with van der Waals surface area (Å²) in [5.74, 6) is 0.792. The third kappa shape index (κ3) is 5.62. The fourth-order valence-corrected chi connectivity index (χ4v) is 4.94. The standard InChI is InChI=1S/C27H33N5O2Si/c1-17-18(2)23(14-13-22(17)16-29)30-24(19(3)34-35(7,8)27(4,5)6)26-32-31-25(33-26)21-11-9-20(15-28)10-12-21/h9-14,19,24,30H,1-8H3/t19-,24-/m1/s1. The molecule has 0 spiro atoms. The number of hydrogen-bond donors (Lipinski definition) is 1. The molecule has 0 saturated carbocycles. The van der Waals surface area contributed by atoms with Gasteiger partial charge in [-0.1, -0.05) is 20.8 Å². The zero-order chi connectivity index (χ0) is 26.0. The van der Waals surface area contributed by atoms with Crippen LogP contribution in [-0.2, 0) is 4.43 Å². The van der Waals surface area contributed by atoms with Gasteiger partial charge < -0.3 is 14.2 Å². The molecule has 7 nitrogen and oxygen atoms in total. The molecule has 3 aromatic rings. The first-order valence-electron chi connectivity index (χ1n) is 11.7. The van der Waals surface area contributed by atoms with E-state index in [1.165, 1.54) is 0 Å². The van der Waals surface area contributed by atoms with Crippen molar-refractivity contribution in [1.29, 1.82) is 10.5 Å². The number of nitrogens with one attached hydrogen (secondary N) is 1. The minimum Gasteiger partial charge on any atom is -0.418 e. The third-order valence-corrected chi connectivity index (χ3v) is 11.5. The Kier molecular flexibility index (Phi) is 7.49. The number of aromatic nitrogens is 2. The van der Waals surface area contributed by atoms with Crippen LogP contribution in [-0.4, -0.2) is 24.6 Å². The average molecular weight is 488 g/mol. The van der Waals surface area contributed by atoms with E-state index in [9.17, 15) is 5.26 Å². The molecule has 0 unspecified atom stereocenters. The normalized spacial score (nSPS) is 13.5. The van der Waals surface area contributed by atoms with E-state index in [4.69, 9.17) is 14.1 Å². The molecule has 2 aromatic carbocycles. The van der Waals surface area contributed by atoms with Crippen LogP contribution in [0.1, 0.15) is 61.9 Å². The largest absolute Gasteiger partial charge is 0.418 e. The van der Waals surface area contributed by atoms with E-state index in [2.05, 4.69) is 61.5 Å². The van der Waals surface area contributed by atoms with E-state index in [0.29, 0.717) is 22.9 Å². The second kappa shape index (κ2) is 10.0. The van der Waals surface area contributed by atoms with Gasteiger partial charge in [-0.3, -0.25) is 0 Å². The van der Waals surface area contributed by atoms with Crippen LogP contribution in [0.25, 0.3) is 11.5 Å². The van der Waals surface area contributed by atoms with Gasteiger partial charge in [0.2, 0.25) is 11.8 Å². The molecule has 0 aliphatic heterocycles. The quantitative estimate of drug-likeness (QED) is 0.371. The monoisotopic (exact) mass is 487 g/mol. The second-order valence-corrected chi connectivity index (χ2v) is 15.1. The molecule has 0 bridgehead atoms. The summed E-state index contributed by atoms with van der Waals surface area (Å²) in [6.45, 7) is 17.0. The fraction of sp³-hybridized carbons (Fsp3) is 0.407. The maximum absolute atomic E-state index is 9.39. The van der Waals surface area contributed by atoms with Gasteiger partial charge >= 0.3 is 0 Å². The molecule has 3 rings (SSSR count). The Bertz CT molecular complexity index is 1280. The van der Waals surface area contributed by atoms with Gasteiger partial charge in [-0.15, -0.1) is 10.2 Å². The van der Waals surface area contributed by atoms with E-state index < -0.39 is 14.4 Å². The third-order valence-electron chi connectivity index (χ3n) is 6.94. The van der Waals surface area contributed by atoms with E-state index in [0.717, 1.165) is 22.4 Å². The molecule has 0 aliphatic rings. The lowest BCUT2D eigenvalue weighted by Crippen LogP contribution is -2.45. The summed E-state index contributed by atoms with van der Waals surface area (Å²) in [7, 11) is -2.09. The lowest BCUT2D eigenvalue weighted by molar-refractivity contribution is 0.166. The van der Waals surface area contributed by atoms with Gasteiger partial charge in [0.05, 0.1) is 29.4 Å². The summed E-state index contributed by atoms with van der Waals surface area (Å²) < 4.78 is 12.8. The summed E-state index contributed by atoms with van der Waals surface area (Å²) in [6.07, 6.45) is -0.263. The number of benzene rings is 2. The van der Waals surface area contributed by atoms with Crippen molar-refractivity contribution in [3.63, 3.8) is 0 Å². The molecule has 0 saturated heterocycles. The van der Waals surface area contributed by atoms with Crippen molar-refractivity contribution in [1.82, 2.24) is 10.2 Å². The van der Waals surface area contributed by atoms with Crippen molar-refractivity contribution in [2.45, 2.75) is 71.8 Å². The smallest absolute Gasteiger partial charge is 0.247 e. The van der Waals surface area contributed by atoms with Crippen molar-refractivity contribution in [2.24, 2.45) is 0 Å². The highest BCUT2D eigenvalue weighted by molar-refractivity contribution is 6.74. The molecule has 0 radical (unpaired) electrons. The Morgan fingerprint density at radius 2 is 1.63 bits per heavy atom. The molecule has 1 N–H and O–H groups in total. The summed E-state index contributed by atoms with van der Waals surface area (Å²) >= 11 is 0. The van der Waals surface area contributed by atoms with Crippen molar-refractivity contribution in [2.75, 3.05) is 5.32 Å². The summed E-state index contributed by atoms with van der Waals surface area (Å²) in [6, 6.07) is 14.7. The van der Waals surface area contributed by atoms with E-state index >= 15 is 0 Å². The van der Waals surface area contributed by atoms with Crippen LogP contribution in [0.5, 0.6) is 0 Å². The van der Waals surface area contributed by atoms with E-state index in [-0.39, 0.29) is 11.1 Å². The zero-order valence-electron chi connectivity index (χ0n) is 21.7. The summed E-state index contributed by atoms with van der Waals surface area (Å²) in [4.78, 5) is 0. The topological polar surface area (TPSA) is 108 Å². The van der Waals surface area contributed by atoms with Crippen LogP contribution < -0.4 is 5.32 Å². The lowest BCUT2D eigenvalue weighted by atomic mass is 10.0. The molecule has 2 atom stereocenters. The first kappa shape index (κ1) is 26.1. The van der Waals surface area contributed by atoms with E-state index in [1.54, 1.807) is 24.3 Å². The van der Waals surface area contributed by atoms with Gasteiger partial charge in [-0.05, 0) is 86.4 Å². The Morgan fingerprint density at radius 3 is 2.20 bits per heavy atom. The molecule has 0 amide bonds. The van der Waals surface area contributed by atoms with Gasteiger partial charge in [0.25, 0.3) is 0 Å². The molecule has 8 heteroatoms. The van der Waals surface area contributed by atoms with Crippen LogP contribution in [0, 0.1) is 36.5 Å². The molecule has 35 heavy (non-hydrogen) atoms. The Labute approximate surface area is 208 Å². The van der Waals surface area contributed by atoms with Crippen molar-refractivity contribution in [3.8, 4) is 23.6 Å². The zero-order valence-corrected chi connectivity index (χ0v) is 22.7. The number of nitriles is 2. The number of nitrogens with zero attached hydrogens (tertiary/aromatic N) is 4. The van der Waals surface area contributed by atoms with Gasteiger partial charge in [0.1, 0.15) is 6.04 Å². The average Bonchev–Trinajstić information content (AvgIpc) is 3.29. The van der Waals surface area contributed by atoms with Crippen LogP contribution in [0.15, 0.2) is 40.8 Å². The van der Waals surface area contributed by atoms with E-state index in [1.807, 2.05) is 32.9 Å². The van der Waals surface area contributed by atoms with Crippen molar-refractivity contribution in [3.05, 3.63) is 64.5 Å². The lowest BCUT2D eigenvalue weighted by Gasteiger charge is -2.40. The molecule has 1 heterocycles.